The summed E-state index contributed by atoms with van der Waals surface area (Å²) in [7, 11) is 3.97. The molecule has 1 fully saturated rings. The van der Waals surface area contributed by atoms with E-state index < -0.39 is 0 Å². The van der Waals surface area contributed by atoms with Crippen molar-refractivity contribution < 1.29 is 4.74 Å². The number of hydrogen-bond donors (Lipinski definition) is 1. The summed E-state index contributed by atoms with van der Waals surface area (Å²) in [4.78, 5) is 2.38. The van der Waals surface area contributed by atoms with E-state index in [-0.39, 0.29) is 5.60 Å². The summed E-state index contributed by atoms with van der Waals surface area (Å²) < 4.78 is 5.44. The Morgan fingerprint density at radius 3 is 2.67 bits per heavy atom. The van der Waals surface area contributed by atoms with Gasteiger partial charge in [-0.05, 0) is 47.2 Å². The SMILES string of the molecule is COC(C)(C)C[C@@H](C)N[C@H]1CCN(C)C1. The Kier molecular flexibility index (Phi) is 4.56. The van der Waals surface area contributed by atoms with E-state index in [1.165, 1.54) is 19.5 Å². The zero-order chi connectivity index (χ0) is 11.5. The van der Waals surface area contributed by atoms with Gasteiger partial charge in [0.25, 0.3) is 0 Å². The molecule has 0 aromatic carbocycles. The minimum atomic E-state index is -0.0169. The van der Waals surface area contributed by atoms with Gasteiger partial charge in [-0.25, -0.2) is 0 Å². The number of likely N-dealkylation sites (tertiary alicyclic amines) is 1. The summed E-state index contributed by atoms with van der Waals surface area (Å²) in [6, 6.07) is 1.19. The summed E-state index contributed by atoms with van der Waals surface area (Å²) >= 11 is 0. The molecule has 0 bridgehead atoms. The lowest BCUT2D eigenvalue weighted by Crippen LogP contribution is -2.42. The van der Waals surface area contributed by atoms with Gasteiger partial charge in [-0.1, -0.05) is 0 Å². The van der Waals surface area contributed by atoms with Crippen LogP contribution in [0.4, 0.5) is 0 Å². The third-order valence-corrected chi connectivity index (χ3v) is 3.26. The number of hydrogen-bond acceptors (Lipinski definition) is 3. The van der Waals surface area contributed by atoms with E-state index in [0.717, 1.165) is 6.42 Å². The molecular weight excluding hydrogens is 188 g/mol. The van der Waals surface area contributed by atoms with Crippen molar-refractivity contribution in [2.45, 2.75) is 51.3 Å². The van der Waals surface area contributed by atoms with E-state index in [1.807, 2.05) is 0 Å². The highest BCUT2D eigenvalue weighted by Gasteiger charge is 2.24. The predicted octanol–water partition coefficient (Wildman–Crippen LogP) is 1.48. The molecular formula is C12H26N2O. The van der Waals surface area contributed by atoms with Crippen LogP contribution in [0.1, 0.15) is 33.6 Å². The van der Waals surface area contributed by atoms with Crippen molar-refractivity contribution in [3.63, 3.8) is 0 Å². The Bertz CT molecular complexity index is 194. The van der Waals surface area contributed by atoms with Crippen molar-refractivity contribution in [2.24, 2.45) is 0 Å². The summed E-state index contributed by atoms with van der Waals surface area (Å²) in [6.45, 7) is 8.94. The van der Waals surface area contributed by atoms with Crippen LogP contribution < -0.4 is 5.32 Å². The van der Waals surface area contributed by atoms with Gasteiger partial charge in [0.2, 0.25) is 0 Å². The van der Waals surface area contributed by atoms with E-state index in [4.69, 9.17) is 4.74 Å². The Balaban J connectivity index is 2.27. The van der Waals surface area contributed by atoms with Crippen LogP contribution in [-0.2, 0) is 4.74 Å². The molecule has 0 aliphatic carbocycles. The number of methoxy groups -OCH3 is 1. The van der Waals surface area contributed by atoms with E-state index in [9.17, 15) is 0 Å². The minimum absolute atomic E-state index is 0.0169. The molecule has 3 heteroatoms. The zero-order valence-electron chi connectivity index (χ0n) is 10.8. The van der Waals surface area contributed by atoms with Gasteiger partial charge in [-0.15, -0.1) is 0 Å². The molecule has 1 saturated heterocycles. The van der Waals surface area contributed by atoms with E-state index in [1.54, 1.807) is 7.11 Å². The number of likely N-dealkylation sites (N-methyl/N-ethyl adjacent to an activating group) is 1. The fourth-order valence-electron chi connectivity index (χ4n) is 2.35. The minimum Gasteiger partial charge on any atom is -0.379 e. The van der Waals surface area contributed by atoms with Crippen molar-refractivity contribution >= 4 is 0 Å². The highest BCUT2D eigenvalue weighted by Crippen LogP contribution is 2.16. The number of rotatable bonds is 5. The van der Waals surface area contributed by atoms with Crippen molar-refractivity contribution in [2.75, 3.05) is 27.2 Å². The summed E-state index contributed by atoms with van der Waals surface area (Å²) in [5.41, 5.74) is -0.0169. The molecule has 1 aliphatic heterocycles. The maximum absolute atomic E-state index is 5.44. The maximum Gasteiger partial charge on any atom is 0.0637 e. The lowest BCUT2D eigenvalue weighted by atomic mass is 9.99. The first kappa shape index (κ1) is 12.9. The summed E-state index contributed by atoms with van der Waals surface area (Å²) in [6.07, 6.45) is 2.33. The van der Waals surface area contributed by atoms with Crippen LogP contribution in [0.3, 0.4) is 0 Å². The molecule has 0 unspecified atom stereocenters. The Hall–Kier alpha value is -0.120. The molecule has 1 aliphatic rings. The molecule has 0 spiro atoms. The van der Waals surface area contributed by atoms with Gasteiger partial charge in [0.05, 0.1) is 5.60 Å². The van der Waals surface area contributed by atoms with Crippen LogP contribution in [0.2, 0.25) is 0 Å². The third kappa shape index (κ3) is 4.49. The van der Waals surface area contributed by atoms with Crippen molar-refractivity contribution in [3.05, 3.63) is 0 Å². The molecule has 1 N–H and O–H groups in total. The number of nitrogens with zero attached hydrogens (tertiary/aromatic N) is 1. The highest BCUT2D eigenvalue weighted by atomic mass is 16.5. The molecule has 2 atom stereocenters. The quantitative estimate of drug-likeness (QED) is 0.750. The van der Waals surface area contributed by atoms with Crippen molar-refractivity contribution in [1.29, 1.82) is 0 Å². The van der Waals surface area contributed by atoms with E-state index >= 15 is 0 Å². The smallest absolute Gasteiger partial charge is 0.0637 e. The Morgan fingerprint density at radius 2 is 2.20 bits per heavy atom. The largest absolute Gasteiger partial charge is 0.379 e. The average Bonchev–Trinajstić information content (AvgIpc) is 2.50. The molecule has 0 saturated carbocycles. The third-order valence-electron chi connectivity index (χ3n) is 3.26. The van der Waals surface area contributed by atoms with Crippen LogP contribution in [-0.4, -0.2) is 49.8 Å². The first-order chi connectivity index (χ1) is 6.93. The molecule has 3 nitrogen and oxygen atoms in total. The Morgan fingerprint density at radius 1 is 1.53 bits per heavy atom. The second-order valence-corrected chi connectivity index (χ2v) is 5.48. The van der Waals surface area contributed by atoms with Crippen molar-refractivity contribution in [3.8, 4) is 0 Å². The van der Waals surface area contributed by atoms with Crippen LogP contribution in [0.25, 0.3) is 0 Å². The van der Waals surface area contributed by atoms with Gasteiger partial charge in [0.15, 0.2) is 0 Å². The number of nitrogens with one attached hydrogen (secondary N) is 1. The Labute approximate surface area is 94.2 Å². The van der Waals surface area contributed by atoms with Gasteiger partial charge in [-0.2, -0.15) is 0 Å². The highest BCUT2D eigenvalue weighted by molar-refractivity contribution is 4.83. The lowest BCUT2D eigenvalue weighted by Gasteiger charge is -2.28. The standard InChI is InChI=1S/C12H26N2O/c1-10(8-12(2,3)15-5)13-11-6-7-14(4)9-11/h10-11,13H,6-9H2,1-5H3/t10-,11+/m1/s1. The van der Waals surface area contributed by atoms with Crippen LogP contribution in [0.5, 0.6) is 0 Å². The second-order valence-electron chi connectivity index (χ2n) is 5.48. The first-order valence-corrected chi connectivity index (χ1v) is 5.93. The normalized spacial score (nSPS) is 25.8. The molecule has 0 radical (unpaired) electrons. The van der Waals surface area contributed by atoms with Gasteiger partial charge < -0.3 is 15.0 Å². The topological polar surface area (TPSA) is 24.5 Å². The number of ether oxygens (including phenoxy) is 1. The van der Waals surface area contributed by atoms with Gasteiger partial charge >= 0.3 is 0 Å². The van der Waals surface area contributed by atoms with Gasteiger partial charge in [-0.3, -0.25) is 0 Å². The fraction of sp³-hybridized carbons (Fsp3) is 1.00. The summed E-state index contributed by atoms with van der Waals surface area (Å²) in [5.74, 6) is 0. The monoisotopic (exact) mass is 214 g/mol. The molecule has 0 aromatic heterocycles. The maximum atomic E-state index is 5.44. The molecule has 1 heterocycles. The molecule has 90 valence electrons. The molecule has 0 amide bonds. The molecule has 0 aromatic rings. The fourth-order valence-corrected chi connectivity index (χ4v) is 2.35. The van der Waals surface area contributed by atoms with Crippen LogP contribution in [0, 0.1) is 0 Å². The molecule has 15 heavy (non-hydrogen) atoms. The van der Waals surface area contributed by atoms with E-state index in [0.29, 0.717) is 12.1 Å². The first-order valence-electron chi connectivity index (χ1n) is 5.93. The molecule has 1 rings (SSSR count). The predicted molar refractivity (Wildman–Crippen MR) is 64.2 cm³/mol. The van der Waals surface area contributed by atoms with Crippen LogP contribution in [0.15, 0.2) is 0 Å². The average molecular weight is 214 g/mol. The van der Waals surface area contributed by atoms with Crippen LogP contribution >= 0.6 is 0 Å². The van der Waals surface area contributed by atoms with Crippen molar-refractivity contribution in [1.82, 2.24) is 10.2 Å². The van der Waals surface area contributed by atoms with Gasteiger partial charge in [0, 0.05) is 25.7 Å². The summed E-state index contributed by atoms with van der Waals surface area (Å²) in [5, 5.41) is 3.68. The van der Waals surface area contributed by atoms with E-state index in [2.05, 4.69) is 38.0 Å². The van der Waals surface area contributed by atoms with Gasteiger partial charge in [0.1, 0.15) is 0 Å². The lowest BCUT2D eigenvalue weighted by molar-refractivity contribution is 0.00779. The second kappa shape index (κ2) is 5.28. The zero-order valence-corrected chi connectivity index (χ0v) is 10.8.